The third-order valence-electron chi connectivity index (χ3n) is 3.00. The average molecular weight is 339 g/mol. The average Bonchev–Trinajstić information content (AvgIpc) is 3.08. The Labute approximate surface area is 139 Å². The molecule has 0 fully saturated rings. The summed E-state index contributed by atoms with van der Waals surface area (Å²) in [6.07, 6.45) is 0.940. The Balaban J connectivity index is 1.93. The van der Waals surface area contributed by atoms with E-state index in [2.05, 4.69) is 15.5 Å². The van der Waals surface area contributed by atoms with E-state index in [9.17, 15) is 9.59 Å². The van der Waals surface area contributed by atoms with Crippen molar-refractivity contribution in [3.63, 3.8) is 0 Å². The van der Waals surface area contributed by atoms with Gasteiger partial charge in [-0.1, -0.05) is 5.16 Å². The van der Waals surface area contributed by atoms with Gasteiger partial charge in [-0.25, -0.2) is 9.78 Å². The number of nitrogens with zero attached hydrogens (tertiary/aromatic N) is 2. The topological polar surface area (TPSA) is 89.9 Å². The van der Waals surface area contributed by atoms with Crippen molar-refractivity contribution in [1.29, 1.82) is 0 Å². The Bertz CT molecular complexity index is 617. The third kappa shape index (κ3) is 4.51. The molecule has 0 saturated carbocycles. The molecule has 0 saturated heterocycles. The number of amides is 1. The van der Waals surface area contributed by atoms with Crippen LogP contribution in [-0.2, 0) is 24.7 Å². The molecule has 0 aromatic carbocycles. The smallest absolute Gasteiger partial charge is 0.356 e. The lowest BCUT2D eigenvalue weighted by Gasteiger charge is -2.25. The summed E-state index contributed by atoms with van der Waals surface area (Å²) in [7, 11) is 0. The SMILES string of the molecule is CC(C)(C)OC(=O)C1=NO[C@H](C(=O)NC(C)(C)c2nccs2)C1. The fourth-order valence-electron chi connectivity index (χ4n) is 1.95. The normalized spacial score (nSPS) is 18.1. The number of ether oxygens (including phenoxy) is 1. The van der Waals surface area contributed by atoms with Crippen LogP contribution in [0.15, 0.2) is 16.7 Å². The second-order valence-corrected chi connectivity index (χ2v) is 7.68. The summed E-state index contributed by atoms with van der Waals surface area (Å²) in [6.45, 7) is 9.01. The molecule has 0 aliphatic carbocycles. The molecule has 1 aromatic rings. The van der Waals surface area contributed by atoms with Crippen LogP contribution >= 0.6 is 11.3 Å². The van der Waals surface area contributed by atoms with Crippen LogP contribution in [0.1, 0.15) is 46.0 Å². The first-order valence-corrected chi connectivity index (χ1v) is 8.14. The van der Waals surface area contributed by atoms with E-state index in [0.29, 0.717) is 0 Å². The Morgan fingerprint density at radius 3 is 2.61 bits per heavy atom. The van der Waals surface area contributed by atoms with Crippen molar-refractivity contribution < 1.29 is 19.2 Å². The molecule has 1 atom stereocenters. The molecule has 0 unspecified atom stereocenters. The number of oxime groups is 1. The van der Waals surface area contributed by atoms with Gasteiger partial charge in [0.1, 0.15) is 10.6 Å². The first-order chi connectivity index (χ1) is 10.6. The minimum atomic E-state index is -0.836. The highest BCUT2D eigenvalue weighted by molar-refractivity contribution is 7.09. The number of aromatic nitrogens is 1. The molecule has 1 amide bonds. The number of hydrogen-bond donors (Lipinski definition) is 1. The van der Waals surface area contributed by atoms with E-state index in [1.807, 2.05) is 19.2 Å². The van der Waals surface area contributed by atoms with Crippen LogP contribution in [-0.4, -0.2) is 34.3 Å². The van der Waals surface area contributed by atoms with Crippen molar-refractivity contribution in [2.75, 3.05) is 0 Å². The van der Waals surface area contributed by atoms with E-state index in [4.69, 9.17) is 9.57 Å². The molecular formula is C15H21N3O4S. The molecule has 1 aliphatic rings. The maximum atomic E-state index is 12.3. The molecule has 0 radical (unpaired) electrons. The van der Waals surface area contributed by atoms with Crippen LogP contribution < -0.4 is 5.32 Å². The highest BCUT2D eigenvalue weighted by Gasteiger charge is 2.36. The summed E-state index contributed by atoms with van der Waals surface area (Å²) in [5.74, 6) is -0.903. The van der Waals surface area contributed by atoms with Gasteiger partial charge >= 0.3 is 5.97 Å². The van der Waals surface area contributed by atoms with E-state index in [0.717, 1.165) is 5.01 Å². The zero-order valence-corrected chi connectivity index (χ0v) is 14.7. The number of rotatable bonds is 4. The predicted molar refractivity (Wildman–Crippen MR) is 86.1 cm³/mol. The largest absolute Gasteiger partial charge is 0.455 e. The Morgan fingerprint density at radius 2 is 2.04 bits per heavy atom. The summed E-state index contributed by atoms with van der Waals surface area (Å²) >= 11 is 1.46. The van der Waals surface area contributed by atoms with E-state index < -0.39 is 23.2 Å². The highest BCUT2D eigenvalue weighted by atomic mass is 32.1. The van der Waals surface area contributed by atoms with Gasteiger partial charge in [-0.15, -0.1) is 11.3 Å². The Hall–Kier alpha value is -1.96. The van der Waals surface area contributed by atoms with Crippen molar-refractivity contribution >= 4 is 28.9 Å². The van der Waals surface area contributed by atoms with Crippen LogP contribution in [0.25, 0.3) is 0 Å². The van der Waals surface area contributed by atoms with Gasteiger partial charge in [0, 0.05) is 18.0 Å². The van der Waals surface area contributed by atoms with Gasteiger partial charge in [-0.05, 0) is 34.6 Å². The van der Waals surface area contributed by atoms with Crippen molar-refractivity contribution in [2.24, 2.45) is 5.16 Å². The summed E-state index contributed by atoms with van der Waals surface area (Å²) < 4.78 is 5.22. The second kappa shape index (κ2) is 6.27. The summed E-state index contributed by atoms with van der Waals surface area (Å²) in [5, 5.41) is 9.19. The van der Waals surface area contributed by atoms with Crippen molar-refractivity contribution in [1.82, 2.24) is 10.3 Å². The number of esters is 1. The first-order valence-electron chi connectivity index (χ1n) is 7.26. The first kappa shape index (κ1) is 17.4. The van der Waals surface area contributed by atoms with Crippen LogP contribution in [0.3, 0.4) is 0 Å². The molecule has 2 rings (SSSR count). The molecule has 126 valence electrons. The number of hydrogen-bond acceptors (Lipinski definition) is 7. The van der Waals surface area contributed by atoms with Gasteiger partial charge in [0.15, 0.2) is 5.71 Å². The van der Waals surface area contributed by atoms with Crippen LogP contribution in [0, 0.1) is 0 Å². The van der Waals surface area contributed by atoms with Crippen molar-refractivity contribution in [3.8, 4) is 0 Å². The number of carbonyl (C=O) groups is 2. The van der Waals surface area contributed by atoms with Gasteiger partial charge in [0.25, 0.3) is 5.91 Å². The van der Waals surface area contributed by atoms with Gasteiger partial charge in [-0.2, -0.15) is 0 Å². The van der Waals surface area contributed by atoms with Crippen molar-refractivity contribution in [2.45, 2.75) is 58.3 Å². The number of thiazole rings is 1. The monoisotopic (exact) mass is 339 g/mol. The predicted octanol–water partition coefficient (Wildman–Crippen LogP) is 1.98. The lowest BCUT2D eigenvalue weighted by atomic mass is 10.1. The summed E-state index contributed by atoms with van der Waals surface area (Å²) in [4.78, 5) is 33.5. The quantitative estimate of drug-likeness (QED) is 0.847. The van der Waals surface area contributed by atoms with Crippen LogP contribution in [0.5, 0.6) is 0 Å². The van der Waals surface area contributed by atoms with Crippen molar-refractivity contribution in [3.05, 3.63) is 16.6 Å². The molecule has 2 heterocycles. The minimum Gasteiger partial charge on any atom is -0.455 e. The van der Waals surface area contributed by atoms with E-state index in [1.165, 1.54) is 11.3 Å². The zero-order chi connectivity index (χ0) is 17.3. The van der Waals surface area contributed by atoms with Crippen LogP contribution in [0.2, 0.25) is 0 Å². The highest BCUT2D eigenvalue weighted by Crippen LogP contribution is 2.23. The zero-order valence-electron chi connectivity index (χ0n) is 13.9. The third-order valence-corrected chi connectivity index (χ3v) is 4.10. The Kier molecular flexibility index (Phi) is 4.74. The van der Waals surface area contributed by atoms with Crippen LogP contribution in [0.4, 0.5) is 0 Å². The molecule has 0 bridgehead atoms. The molecular weight excluding hydrogens is 318 g/mol. The minimum absolute atomic E-state index is 0.0920. The fourth-order valence-corrected chi connectivity index (χ4v) is 2.67. The van der Waals surface area contributed by atoms with E-state index in [-0.39, 0.29) is 18.0 Å². The van der Waals surface area contributed by atoms with Gasteiger partial charge in [0.05, 0.1) is 5.54 Å². The lowest BCUT2D eigenvalue weighted by Crippen LogP contribution is -2.46. The van der Waals surface area contributed by atoms with Gasteiger partial charge in [-0.3, -0.25) is 4.79 Å². The number of nitrogens with one attached hydrogen (secondary N) is 1. The second-order valence-electron chi connectivity index (χ2n) is 6.79. The molecule has 1 aliphatic heterocycles. The van der Waals surface area contributed by atoms with E-state index >= 15 is 0 Å². The molecule has 8 heteroatoms. The van der Waals surface area contributed by atoms with Gasteiger partial charge < -0.3 is 14.9 Å². The molecule has 1 N–H and O–H groups in total. The van der Waals surface area contributed by atoms with E-state index in [1.54, 1.807) is 27.0 Å². The molecule has 0 spiro atoms. The van der Waals surface area contributed by atoms with Gasteiger partial charge in [0.2, 0.25) is 6.10 Å². The number of carbonyl (C=O) groups excluding carboxylic acids is 2. The molecule has 23 heavy (non-hydrogen) atoms. The molecule has 7 nitrogen and oxygen atoms in total. The Morgan fingerprint density at radius 1 is 1.35 bits per heavy atom. The maximum absolute atomic E-state index is 12.3. The maximum Gasteiger partial charge on any atom is 0.356 e. The summed E-state index contributed by atoms with van der Waals surface area (Å²) in [5.41, 5.74) is -1.12. The standard InChI is InChI=1S/C15H21N3O4S/c1-14(2,3)21-12(20)9-8-10(22-18-9)11(19)17-15(4,5)13-16-6-7-23-13/h6-7,10H,8H2,1-5H3,(H,17,19)/t10-/m0/s1. The lowest BCUT2D eigenvalue weighted by molar-refractivity contribution is -0.146. The summed E-state index contributed by atoms with van der Waals surface area (Å²) in [6, 6.07) is 0. The fraction of sp³-hybridized carbons (Fsp3) is 0.600. The molecule has 1 aromatic heterocycles.